The molecule has 2 aromatic heterocycles. The van der Waals surface area contributed by atoms with E-state index in [4.69, 9.17) is 5.11 Å². The van der Waals surface area contributed by atoms with Crippen LogP contribution in [0.25, 0.3) is 10.2 Å². The standard InChI is InChI=1S/C18H21N3O4S/c1-10-13-15(19-12-5-3-2-4-7-21(12)16(13)22)26-14(10)17(23)20-8-6-11(9-20)18(24)25/h11H,2-9H2,1H3,(H,24,25). The minimum atomic E-state index is -0.864. The Labute approximate surface area is 154 Å². The summed E-state index contributed by atoms with van der Waals surface area (Å²) >= 11 is 1.26. The number of carboxylic acid groups (broad SMARTS) is 1. The van der Waals surface area contributed by atoms with E-state index in [1.54, 1.807) is 16.4 Å². The molecule has 26 heavy (non-hydrogen) atoms. The third-order valence-electron chi connectivity index (χ3n) is 5.43. The Morgan fingerprint density at radius 2 is 2.04 bits per heavy atom. The van der Waals surface area contributed by atoms with Crippen LogP contribution in [0.5, 0.6) is 0 Å². The Hall–Kier alpha value is -2.22. The molecule has 0 radical (unpaired) electrons. The largest absolute Gasteiger partial charge is 0.481 e. The number of likely N-dealkylation sites (tertiary alicyclic amines) is 1. The van der Waals surface area contributed by atoms with Crippen LogP contribution >= 0.6 is 11.3 Å². The number of rotatable bonds is 2. The quantitative estimate of drug-likeness (QED) is 0.867. The average Bonchev–Trinajstić information content (AvgIpc) is 3.14. The van der Waals surface area contributed by atoms with Gasteiger partial charge in [0.1, 0.15) is 10.7 Å². The first-order chi connectivity index (χ1) is 12.5. The second-order valence-electron chi connectivity index (χ2n) is 7.11. The fourth-order valence-corrected chi connectivity index (χ4v) is 5.06. The molecule has 4 rings (SSSR count). The van der Waals surface area contributed by atoms with E-state index in [9.17, 15) is 14.4 Å². The summed E-state index contributed by atoms with van der Waals surface area (Å²) in [5, 5.41) is 9.68. The summed E-state index contributed by atoms with van der Waals surface area (Å²) in [4.78, 5) is 44.4. The van der Waals surface area contributed by atoms with Gasteiger partial charge >= 0.3 is 5.97 Å². The van der Waals surface area contributed by atoms with E-state index in [0.717, 1.165) is 31.5 Å². The number of carbonyl (C=O) groups excluding carboxylic acids is 1. The number of thiophene rings is 1. The molecule has 2 aromatic rings. The Balaban J connectivity index is 1.74. The number of aryl methyl sites for hydroxylation is 2. The van der Waals surface area contributed by atoms with Crippen LogP contribution in [0.3, 0.4) is 0 Å². The molecular weight excluding hydrogens is 354 g/mol. The van der Waals surface area contributed by atoms with Crippen molar-refractivity contribution in [2.24, 2.45) is 5.92 Å². The van der Waals surface area contributed by atoms with Gasteiger partial charge in [-0.3, -0.25) is 19.0 Å². The van der Waals surface area contributed by atoms with Gasteiger partial charge in [0.05, 0.1) is 16.2 Å². The maximum Gasteiger partial charge on any atom is 0.308 e. The molecule has 0 spiro atoms. The maximum absolute atomic E-state index is 13.0. The highest BCUT2D eigenvalue weighted by atomic mass is 32.1. The monoisotopic (exact) mass is 375 g/mol. The van der Waals surface area contributed by atoms with Crippen LogP contribution in [-0.4, -0.2) is 44.5 Å². The van der Waals surface area contributed by atoms with Gasteiger partial charge in [0.15, 0.2) is 0 Å². The van der Waals surface area contributed by atoms with Crippen LogP contribution in [0, 0.1) is 12.8 Å². The first kappa shape index (κ1) is 17.2. The normalized spacial score (nSPS) is 20.2. The maximum atomic E-state index is 13.0. The topological polar surface area (TPSA) is 92.5 Å². The Bertz CT molecular complexity index is 961. The van der Waals surface area contributed by atoms with Gasteiger partial charge in [0.25, 0.3) is 11.5 Å². The molecule has 1 saturated heterocycles. The van der Waals surface area contributed by atoms with Crippen molar-refractivity contribution >= 4 is 33.4 Å². The average molecular weight is 375 g/mol. The van der Waals surface area contributed by atoms with Crippen LogP contribution in [0.4, 0.5) is 0 Å². The lowest BCUT2D eigenvalue weighted by atomic mass is 10.1. The van der Waals surface area contributed by atoms with E-state index in [0.29, 0.717) is 40.2 Å². The molecule has 1 atom stereocenters. The molecule has 8 heteroatoms. The van der Waals surface area contributed by atoms with E-state index >= 15 is 0 Å². The van der Waals surface area contributed by atoms with Crippen molar-refractivity contribution < 1.29 is 14.7 Å². The molecule has 0 aliphatic carbocycles. The lowest BCUT2D eigenvalue weighted by Crippen LogP contribution is -2.30. The Kier molecular flexibility index (Phi) is 4.30. The van der Waals surface area contributed by atoms with E-state index in [1.807, 2.05) is 0 Å². The highest BCUT2D eigenvalue weighted by Gasteiger charge is 2.33. The summed E-state index contributed by atoms with van der Waals surface area (Å²) in [5.41, 5.74) is 0.621. The number of carbonyl (C=O) groups is 2. The van der Waals surface area contributed by atoms with Crippen molar-refractivity contribution in [3.63, 3.8) is 0 Å². The van der Waals surface area contributed by atoms with Crippen LogP contribution in [0.1, 0.15) is 46.7 Å². The SMILES string of the molecule is Cc1c(C(=O)N2CCC(C(=O)O)C2)sc2nc3n(c(=O)c12)CCCCC3. The van der Waals surface area contributed by atoms with Crippen LogP contribution in [0.2, 0.25) is 0 Å². The minimum absolute atomic E-state index is 0.0514. The fourth-order valence-electron chi connectivity index (χ4n) is 3.90. The smallest absolute Gasteiger partial charge is 0.308 e. The predicted octanol–water partition coefficient (Wildman–Crippen LogP) is 2.04. The number of aliphatic carboxylic acids is 1. The van der Waals surface area contributed by atoms with Crippen molar-refractivity contribution in [3.8, 4) is 0 Å². The Morgan fingerprint density at radius 3 is 2.77 bits per heavy atom. The molecule has 4 heterocycles. The lowest BCUT2D eigenvalue weighted by molar-refractivity contribution is -0.141. The number of aromatic nitrogens is 2. The molecule has 0 aromatic carbocycles. The van der Waals surface area contributed by atoms with E-state index in [1.165, 1.54) is 11.3 Å². The molecule has 1 fully saturated rings. The van der Waals surface area contributed by atoms with Gasteiger partial charge in [-0.15, -0.1) is 11.3 Å². The molecule has 0 bridgehead atoms. The summed E-state index contributed by atoms with van der Waals surface area (Å²) in [6.45, 7) is 3.14. The van der Waals surface area contributed by atoms with Crippen molar-refractivity contribution in [1.29, 1.82) is 0 Å². The van der Waals surface area contributed by atoms with Gasteiger partial charge in [0, 0.05) is 26.1 Å². The lowest BCUT2D eigenvalue weighted by Gasteiger charge is -2.15. The van der Waals surface area contributed by atoms with E-state index in [-0.39, 0.29) is 18.0 Å². The fraction of sp³-hybridized carbons (Fsp3) is 0.556. The molecule has 2 aliphatic heterocycles. The number of hydrogen-bond acceptors (Lipinski definition) is 5. The molecule has 2 aliphatic rings. The zero-order chi connectivity index (χ0) is 18.4. The van der Waals surface area contributed by atoms with Crippen LogP contribution in [-0.2, 0) is 17.8 Å². The zero-order valence-corrected chi connectivity index (χ0v) is 15.5. The number of fused-ring (bicyclic) bond motifs is 2. The van der Waals surface area contributed by atoms with Crippen molar-refractivity contribution in [1.82, 2.24) is 14.5 Å². The highest BCUT2D eigenvalue weighted by molar-refractivity contribution is 7.20. The molecular formula is C18H21N3O4S. The van der Waals surface area contributed by atoms with Gasteiger partial charge < -0.3 is 10.0 Å². The minimum Gasteiger partial charge on any atom is -0.481 e. The van der Waals surface area contributed by atoms with Crippen molar-refractivity contribution in [2.75, 3.05) is 13.1 Å². The third-order valence-corrected chi connectivity index (χ3v) is 6.60. The Morgan fingerprint density at radius 1 is 1.23 bits per heavy atom. The van der Waals surface area contributed by atoms with Gasteiger partial charge in [-0.2, -0.15) is 0 Å². The molecule has 1 unspecified atom stereocenters. The number of amides is 1. The molecule has 1 amide bonds. The van der Waals surface area contributed by atoms with E-state index in [2.05, 4.69) is 4.98 Å². The molecule has 0 saturated carbocycles. The summed E-state index contributed by atoms with van der Waals surface area (Å²) < 4.78 is 1.76. The van der Waals surface area contributed by atoms with E-state index < -0.39 is 11.9 Å². The first-order valence-electron chi connectivity index (χ1n) is 9.02. The predicted molar refractivity (Wildman–Crippen MR) is 97.8 cm³/mol. The summed E-state index contributed by atoms with van der Waals surface area (Å²) in [7, 11) is 0. The second kappa shape index (κ2) is 6.50. The third kappa shape index (κ3) is 2.72. The van der Waals surface area contributed by atoms with Gasteiger partial charge in [0.2, 0.25) is 0 Å². The number of carboxylic acids is 1. The van der Waals surface area contributed by atoms with Crippen molar-refractivity contribution in [2.45, 2.75) is 45.6 Å². The summed E-state index contributed by atoms with van der Waals surface area (Å²) in [5.74, 6) is -0.744. The van der Waals surface area contributed by atoms with Gasteiger partial charge in [-0.05, 0) is 31.7 Å². The molecule has 7 nitrogen and oxygen atoms in total. The molecule has 1 N–H and O–H groups in total. The summed E-state index contributed by atoms with van der Waals surface area (Å²) in [6.07, 6.45) is 4.36. The number of nitrogens with zero attached hydrogens (tertiary/aromatic N) is 3. The first-order valence-corrected chi connectivity index (χ1v) is 9.84. The van der Waals surface area contributed by atoms with Gasteiger partial charge in [-0.1, -0.05) is 6.42 Å². The van der Waals surface area contributed by atoms with Crippen LogP contribution < -0.4 is 5.56 Å². The second-order valence-corrected chi connectivity index (χ2v) is 8.11. The molecule has 138 valence electrons. The van der Waals surface area contributed by atoms with Gasteiger partial charge in [-0.25, -0.2) is 4.98 Å². The van der Waals surface area contributed by atoms with Crippen molar-refractivity contribution in [3.05, 3.63) is 26.6 Å². The van der Waals surface area contributed by atoms with Crippen LogP contribution in [0.15, 0.2) is 4.79 Å². The zero-order valence-electron chi connectivity index (χ0n) is 14.7. The summed E-state index contributed by atoms with van der Waals surface area (Å²) in [6, 6.07) is 0. The number of hydrogen-bond donors (Lipinski definition) is 1. The highest BCUT2D eigenvalue weighted by Crippen LogP contribution is 2.31.